The van der Waals surface area contributed by atoms with Crippen molar-refractivity contribution in [2.75, 3.05) is 0 Å². The standard InChI is InChI=1S/C24H14Cl2N2O2/c25-17-9-5-15(6-10-17)21(13-27)23(29)19-3-1-2-4-20(19)24(30)22(14-28)16-7-11-18(26)12-8-16/h1-12,21-22H. The predicted molar refractivity (Wildman–Crippen MR) is 115 cm³/mol. The van der Waals surface area contributed by atoms with Crippen molar-refractivity contribution in [2.45, 2.75) is 11.8 Å². The fraction of sp³-hybridized carbons (Fsp3) is 0.0833. The maximum atomic E-state index is 13.2. The Bertz CT molecular complexity index is 1080. The second-order valence-electron chi connectivity index (χ2n) is 6.50. The van der Waals surface area contributed by atoms with Crippen molar-refractivity contribution in [3.63, 3.8) is 0 Å². The molecule has 0 radical (unpaired) electrons. The van der Waals surface area contributed by atoms with Crippen LogP contribution in [0.3, 0.4) is 0 Å². The number of carbonyl (C=O) groups is 2. The molecule has 0 saturated carbocycles. The number of hydrogen-bond donors (Lipinski definition) is 0. The van der Waals surface area contributed by atoms with Gasteiger partial charge in [-0.1, -0.05) is 71.7 Å². The number of nitrogens with zero attached hydrogens (tertiary/aromatic N) is 2. The number of rotatable bonds is 6. The minimum Gasteiger partial charge on any atom is -0.292 e. The Morgan fingerprint density at radius 2 is 0.967 bits per heavy atom. The summed E-state index contributed by atoms with van der Waals surface area (Å²) in [7, 11) is 0. The molecular weight excluding hydrogens is 419 g/mol. The molecule has 2 atom stereocenters. The molecule has 0 aliphatic rings. The van der Waals surface area contributed by atoms with E-state index in [0.717, 1.165) is 0 Å². The molecule has 0 N–H and O–H groups in total. The van der Waals surface area contributed by atoms with Crippen LogP contribution < -0.4 is 0 Å². The lowest BCUT2D eigenvalue weighted by atomic mass is 9.85. The number of hydrogen-bond acceptors (Lipinski definition) is 4. The Morgan fingerprint density at radius 3 is 1.27 bits per heavy atom. The number of benzene rings is 3. The van der Waals surface area contributed by atoms with Crippen LogP contribution in [0.1, 0.15) is 43.7 Å². The van der Waals surface area contributed by atoms with E-state index >= 15 is 0 Å². The van der Waals surface area contributed by atoms with Gasteiger partial charge in [0.25, 0.3) is 0 Å². The van der Waals surface area contributed by atoms with Gasteiger partial charge in [-0.15, -0.1) is 0 Å². The average molecular weight is 433 g/mol. The summed E-state index contributed by atoms with van der Waals surface area (Å²) in [6.07, 6.45) is 0. The Labute approximate surface area is 183 Å². The molecule has 0 amide bonds. The summed E-state index contributed by atoms with van der Waals surface area (Å²) in [5.74, 6) is -3.24. The molecule has 6 heteroatoms. The van der Waals surface area contributed by atoms with Gasteiger partial charge in [-0.25, -0.2) is 0 Å². The quantitative estimate of drug-likeness (QED) is 0.448. The Hall–Kier alpha value is -3.44. The molecule has 3 rings (SSSR count). The van der Waals surface area contributed by atoms with Crippen molar-refractivity contribution < 1.29 is 9.59 Å². The lowest BCUT2D eigenvalue weighted by Crippen LogP contribution is -2.19. The first-order chi connectivity index (χ1) is 14.5. The molecule has 3 aromatic carbocycles. The summed E-state index contributed by atoms with van der Waals surface area (Å²) in [5, 5.41) is 20.2. The molecule has 0 saturated heterocycles. The minimum atomic E-state index is -1.10. The summed E-state index contributed by atoms with van der Waals surface area (Å²) in [6, 6.07) is 23.0. The largest absolute Gasteiger partial charge is 0.292 e. The summed E-state index contributed by atoms with van der Waals surface area (Å²) >= 11 is 11.8. The van der Waals surface area contributed by atoms with E-state index in [-0.39, 0.29) is 11.1 Å². The molecule has 0 bridgehead atoms. The topological polar surface area (TPSA) is 81.7 Å². The molecule has 0 heterocycles. The number of Topliss-reactive ketones (excluding diaryl/α,β-unsaturated/α-hetero) is 2. The van der Waals surface area contributed by atoms with E-state index in [9.17, 15) is 20.1 Å². The Kier molecular flexibility index (Phi) is 6.65. The van der Waals surface area contributed by atoms with Crippen LogP contribution in [0.2, 0.25) is 10.0 Å². The van der Waals surface area contributed by atoms with E-state index in [4.69, 9.17) is 23.2 Å². The molecule has 0 spiro atoms. The zero-order valence-electron chi connectivity index (χ0n) is 15.5. The monoisotopic (exact) mass is 432 g/mol. The van der Waals surface area contributed by atoms with E-state index in [2.05, 4.69) is 0 Å². The van der Waals surface area contributed by atoms with Crippen molar-refractivity contribution >= 4 is 34.8 Å². The lowest BCUT2D eigenvalue weighted by molar-refractivity contribution is 0.0945. The Balaban J connectivity index is 2.00. The Morgan fingerprint density at radius 1 is 0.633 bits per heavy atom. The number of nitriles is 2. The van der Waals surface area contributed by atoms with Crippen LogP contribution in [0.4, 0.5) is 0 Å². The van der Waals surface area contributed by atoms with Crippen LogP contribution in [0.25, 0.3) is 0 Å². The molecule has 2 unspecified atom stereocenters. The first-order valence-corrected chi connectivity index (χ1v) is 9.69. The van der Waals surface area contributed by atoms with Gasteiger partial charge < -0.3 is 0 Å². The van der Waals surface area contributed by atoms with Gasteiger partial charge in [0.15, 0.2) is 11.6 Å². The molecule has 0 aromatic heterocycles. The van der Waals surface area contributed by atoms with Crippen molar-refractivity contribution in [2.24, 2.45) is 0 Å². The summed E-state index contributed by atoms with van der Waals surface area (Å²) < 4.78 is 0. The first-order valence-electron chi connectivity index (χ1n) is 8.94. The van der Waals surface area contributed by atoms with Crippen LogP contribution in [0.15, 0.2) is 72.8 Å². The van der Waals surface area contributed by atoms with E-state index < -0.39 is 23.4 Å². The molecule has 4 nitrogen and oxygen atoms in total. The van der Waals surface area contributed by atoms with Crippen LogP contribution in [0.5, 0.6) is 0 Å². The van der Waals surface area contributed by atoms with E-state index in [0.29, 0.717) is 21.2 Å². The highest BCUT2D eigenvalue weighted by Gasteiger charge is 2.29. The van der Waals surface area contributed by atoms with Crippen LogP contribution in [-0.4, -0.2) is 11.6 Å². The summed E-state index contributed by atoms with van der Waals surface area (Å²) in [6.45, 7) is 0. The molecule has 0 fully saturated rings. The molecule has 0 aliphatic heterocycles. The van der Waals surface area contributed by atoms with Gasteiger partial charge in [0.2, 0.25) is 0 Å². The maximum absolute atomic E-state index is 13.2. The second-order valence-corrected chi connectivity index (χ2v) is 7.37. The minimum absolute atomic E-state index is 0.0956. The number of carbonyl (C=O) groups excluding carboxylic acids is 2. The molecule has 0 aliphatic carbocycles. The number of halogens is 2. The smallest absolute Gasteiger partial charge is 0.185 e. The highest BCUT2D eigenvalue weighted by molar-refractivity contribution is 6.30. The van der Waals surface area contributed by atoms with Crippen molar-refractivity contribution in [3.05, 3.63) is 105 Å². The van der Waals surface area contributed by atoms with Gasteiger partial charge in [-0.2, -0.15) is 10.5 Å². The van der Waals surface area contributed by atoms with Gasteiger partial charge in [-0.3, -0.25) is 9.59 Å². The molecule has 3 aromatic rings. The van der Waals surface area contributed by atoms with Crippen LogP contribution >= 0.6 is 23.2 Å². The SMILES string of the molecule is N#CC(C(=O)c1ccccc1C(=O)C(C#N)c1ccc(Cl)cc1)c1ccc(Cl)cc1. The third-order valence-electron chi connectivity index (χ3n) is 4.65. The third kappa shape index (κ3) is 4.42. The van der Waals surface area contributed by atoms with E-state index in [1.165, 1.54) is 12.1 Å². The van der Waals surface area contributed by atoms with Gasteiger partial charge in [0.1, 0.15) is 11.8 Å². The maximum Gasteiger partial charge on any atom is 0.185 e. The molecule has 146 valence electrons. The summed E-state index contributed by atoms with van der Waals surface area (Å²) in [4.78, 5) is 26.3. The highest BCUT2D eigenvalue weighted by Crippen LogP contribution is 2.28. The van der Waals surface area contributed by atoms with Crippen LogP contribution in [0, 0.1) is 22.7 Å². The van der Waals surface area contributed by atoms with Crippen LogP contribution in [-0.2, 0) is 0 Å². The van der Waals surface area contributed by atoms with E-state index in [1.54, 1.807) is 60.7 Å². The van der Waals surface area contributed by atoms with Gasteiger partial charge in [-0.05, 0) is 35.4 Å². The number of ketones is 2. The highest BCUT2D eigenvalue weighted by atomic mass is 35.5. The van der Waals surface area contributed by atoms with Crippen molar-refractivity contribution in [1.82, 2.24) is 0 Å². The van der Waals surface area contributed by atoms with Gasteiger partial charge in [0, 0.05) is 21.2 Å². The normalized spacial score (nSPS) is 12.3. The first kappa shape index (κ1) is 21.3. The van der Waals surface area contributed by atoms with Crippen molar-refractivity contribution in [3.8, 4) is 12.1 Å². The predicted octanol–water partition coefficient (Wildman–Crippen LogP) is 5.97. The average Bonchev–Trinajstić information content (AvgIpc) is 2.77. The summed E-state index contributed by atoms with van der Waals surface area (Å²) in [5.41, 5.74) is 1.14. The fourth-order valence-electron chi connectivity index (χ4n) is 3.10. The third-order valence-corrected chi connectivity index (χ3v) is 5.15. The van der Waals surface area contributed by atoms with Gasteiger partial charge in [0.05, 0.1) is 12.1 Å². The van der Waals surface area contributed by atoms with Crippen molar-refractivity contribution in [1.29, 1.82) is 10.5 Å². The second kappa shape index (κ2) is 9.37. The zero-order chi connectivity index (χ0) is 21.7. The molecule has 30 heavy (non-hydrogen) atoms. The fourth-order valence-corrected chi connectivity index (χ4v) is 3.36. The zero-order valence-corrected chi connectivity index (χ0v) is 17.1. The van der Waals surface area contributed by atoms with E-state index in [1.807, 2.05) is 12.1 Å². The molecular formula is C24H14Cl2N2O2. The lowest BCUT2D eigenvalue weighted by Gasteiger charge is -2.14. The van der Waals surface area contributed by atoms with Gasteiger partial charge >= 0.3 is 0 Å².